The van der Waals surface area contributed by atoms with Gasteiger partial charge in [0, 0.05) is 11.4 Å². The van der Waals surface area contributed by atoms with Gasteiger partial charge in [0.1, 0.15) is 0 Å². The van der Waals surface area contributed by atoms with Crippen LogP contribution in [0.4, 0.5) is 11.4 Å². The van der Waals surface area contributed by atoms with Crippen LogP contribution in [0, 0.1) is 0 Å². The number of nitrogens with two attached hydrogens (primary N) is 2. The van der Waals surface area contributed by atoms with E-state index in [1.54, 1.807) is 0 Å². The van der Waals surface area contributed by atoms with Crippen molar-refractivity contribution in [3.63, 3.8) is 0 Å². The Morgan fingerprint density at radius 1 is 0.562 bits per heavy atom. The van der Waals surface area contributed by atoms with E-state index in [4.69, 9.17) is 11.5 Å². The summed E-state index contributed by atoms with van der Waals surface area (Å²) in [6.07, 6.45) is 4.09. The van der Waals surface area contributed by atoms with Gasteiger partial charge in [-0.15, -0.1) is 0 Å². The number of anilines is 2. The lowest BCUT2D eigenvalue weighted by Crippen LogP contribution is -1.83. The van der Waals surface area contributed by atoms with Gasteiger partial charge in [0.2, 0.25) is 0 Å². The minimum absolute atomic E-state index is 0.782. The van der Waals surface area contributed by atoms with Crippen LogP contribution in [0.1, 0.15) is 11.1 Å². The highest BCUT2D eigenvalue weighted by Gasteiger charge is 1.89. The summed E-state index contributed by atoms with van der Waals surface area (Å²) >= 11 is 0. The van der Waals surface area contributed by atoms with E-state index in [1.165, 1.54) is 0 Å². The highest BCUT2D eigenvalue weighted by molar-refractivity contribution is 5.70. The molecule has 0 aliphatic rings. The smallest absolute Gasteiger partial charge is 0.0314 e. The summed E-state index contributed by atoms with van der Waals surface area (Å²) < 4.78 is 0. The third-order valence-electron chi connectivity index (χ3n) is 2.34. The molecule has 0 amide bonds. The molecule has 4 N–H and O–H groups in total. The Labute approximate surface area is 95.2 Å². The van der Waals surface area contributed by atoms with Gasteiger partial charge >= 0.3 is 0 Å². The molecule has 80 valence electrons. The van der Waals surface area contributed by atoms with Crippen LogP contribution >= 0.6 is 0 Å². The van der Waals surface area contributed by atoms with Crippen LogP contribution in [0.2, 0.25) is 0 Å². The van der Waals surface area contributed by atoms with Gasteiger partial charge in [-0.05, 0) is 35.4 Å². The molecule has 2 aromatic carbocycles. The average molecular weight is 210 g/mol. The molecule has 0 atom stereocenters. The lowest BCUT2D eigenvalue weighted by molar-refractivity contribution is 1.63. The van der Waals surface area contributed by atoms with Crippen molar-refractivity contribution in [2.45, 2.75) is 0 Å². The van der Waals surface area contributed by atoms with E-state index in [0.717, 1.165) is 22.5 Å². The Morgan fingerprint density at radius 2 is 0.875 bits per heavy atom. The molecular formula is C14H14N2. The summed E-state index contributed by atoms with van der Waals surface area (Å²) in [5, 5.41) is 0. The topological polar surface area (TPSA) is 52.0 Å². The molecule has 16 heavy (non-hydrogen) atoms. The van der Waals surface area contributed by atoms with Gasteiger partial charge in [0.15, 0.2) is 0 Å². The Bertz CT molecular complexity index is 434. The van der Waals surface area contributed by atoms with E-state index in [-0.39, 0.29) is 0 Å². The molecule has 0 heterocycles. The van der Waals surface area contributed by atoms with Crippen LogP contribution in [0.3, 0.4) is 0 Å². The van der Waals surface area contributed by atoms with Gasteiger partial charge in [0.05, 0.1) is 0 Å². The molecule has 2 aromatic rings. The second-order valence-corrected chi connectivity index (χ2v) is 3.67. The fourth-order valence-electron chi connectivity index (χ4n) is 1.41. The Balaban J connectivity index is 2.15. The number of benzene rings is 2. The fourth-order valence-corrected chi connectivity index (χ4v) is 1.41. The molecule has 0 bridgehead atoms. The highest BCUT2D eigenvalue weighted by atomic mass is 14.5. The largest absolute Gasteiger partial charge is 0.399 e. The second-order valence-electron chi connectivity index (χ2n) is 3.67. The van der Waals surface area contributed by atoms with Gasteiger partial charge in [-0.3, -0.25) is 0 Å². The van der Waals surface area contributed by atoms with E-state index in [1.807, 2.05) is 60.7 Å². The minimum Gasteiger partial charge on any atom is -0.399 e. The van der Waals surface area contributed by atoms with E-state index >= 15 is 0 Å². The zero-order valence-electron chi connectivity index (χ0n) is 8.93. The third kappa shape index (κ3) is 2.64. The Hall–Kier alpha value is -2.22. The van der Waals surface area contributed by atoms with E-state index < -0.39 is 0 Å². The molecule has 2 heteroatoms. The molecule has 0 aliphatic carbocycles. The monoisotopic (exact) mass is 210 g/mol. The molecule has 2 nitrogen and oxygen atoms in total. The summed E-state index contributed by atoms with van der Waals surface area (Å²) in [6, 6.07) is 15.5. The van der Waals surface area contributed by atoms with Crippen molar-refractivity contribution in [2.24, 2.45) is 0 Å². The molecule has 0 aliphatic heterocycles. The molecular weight excluding hydrogens is 196 g/mol. The van der Waals surface area contributed by atoms with Crippen molar-refractivity contribution in [2.75, 3.05) is 11.5 Å². The quantitative estimate of drug-likeness (QED) is 0.591. The molecule has 0 saturated heterocycles. The van der Waals surface area contributed by atoms with Crippen molar-refractivity contribution in [1.29, 1.82) is 0 Å². The molecule has 0 saturated carbocycles. The van der Waals surface area contributed by atoms with Crippen molar-refractivity contribution < 1.29 is 0 Å². The van der Waals surface area contributed by atoms with Gasteiger partial charge < -0.3 is 11.5 Å². The lowest BCUT2D eigenvalue weighted by Gasteiger charge is -1.96. The van der Waals surface area contributed by atoms with Gasteiger partial charge in [-0.2, -0.15) is 0 Å². The molecule has 0 unspecified atom stereocenters. The first-order valence-corrected chi connectivity index (χ1v) is 5.13. The number of hydrogen-bond acceptors (Lipinski definition) is 2. The Kier molecular flexibility index (Phi) is 2.92. The average Bonchev–Trinajstić information content (AvgIpc) is 2.30. The van der Waals surface area contributed by atoms with Crippen LogP contribution in [0.25, 0.3) is 12.2 Å². The standard InChI is InChI=1S/C14H14N2/c15-13-7-3-11(4-8-13)1-2-12-5-9-14(16)10-6-12/h1-10H,15-16H2/b2-1-. The van der Waals surface area contributed by atoms with Gasteiger partial charge in [0.25, 0.3) is 0 Å². The SMILES string of the molecule is Nc1ccc(/C=C\c2ccc(N)cc2)cc1. The summed E-state index contributed by atoms with van der Waals surface area (Å²) in [7, 11) is 0. The van der Waals surface area contributed by atoms with E-state index in [0.29, 0.717) is 0 Å². The van der Waals surface area contributed by atoms with Crippen LogP contribution in [0.5, 0.6) is 0 Å². The van der Waals surface area contributed by atoms with Crippen LogP contribution in [0.15, 0.2) is 48.5 Å². The molecule has 0 aromatic heterocycles. The number of rotatable bonds is 2. The van der Waals surface area contributed by atoms with Crippen molar-refractivity contribution in [3.05, 3.63) is 59.7 Å². The second kappa shape index (κ2) is 4.53. The van der Waals surface area contributed by atoms with Crippen molar-refractivity contribution in [1.82, 2.24) is 0 Å². The fraction of sp³-hybridized carbons (Fsp3) is 0. The summed E-state index contributed by atoms with van der Waals surface area (Å²) in [5.41, 5.74) is 15.1. The van der Waals surface area contributed by atoms with Gasteiger partial charge in [-0.25, -0.2) is 0 Å². The highest BCUT2D eigenvalue weighted by Crippen LogP contribution is 2.11. The van der Waals surface area contributed by atoms with Gasteiger partial charge in [-0.1, -0.05) is 36.4 Å². The Morgan fingerprint density at radius 3 is 1.19 bits per heavy atom. The van der Waals surface area contributed by atoms with Crippen molar-refractivity contribution in [3.8, 4) is 0 Å². The zero-order valence-corrected chi connectivity index (χ0v) is 8.93. The third-order valence-corrected chi connectivity index (χ3v) is 2.34. The minimum atomic E-state index is 0.782. The molecule has 0 radical (unpaired) electrons. The zero-order chi connectivity index (χ0) is 11.4. The maximum absolute atomic E-state index is 5.61. The normalized spacial score (nSPS) is 10.8. The van der Waals surface area contributed by atoms with Crippen molar-refractivity contribution >= 4 is 23.5 Å². The first-order valence-electron chi connectivity index (χ1n) is 5.13. The molecule has 0 fully saturated rings. The lowest BCUT2D eigenvalue weighted by atomic mass is 10.1. The predicted molar refractivity (Wildman–Crippen MR) is 70.6 cm³/mol. The number of hydrogen-bond donors (Lipinski definition) is 2. The summed E-state index contributed by atoms with van der Waals surface area (Å²) in [4.78, 5) is 0. The first-order chi connectivity index (χ1) is 7.74. The number of nitrogen functional groups attached to an aromatic ring is 2. The van der Waals surface area contributed by atoms with E-state index in [2.05, 4.69) is 0 Å². The van der Waals surface area contributed by atoms with Crippen LogP contribution < -0.4 is 11.5 Å². The molecule has 0 spiro atoms. The maximum atomic E-state index is 5.61. The van der Waals surface area contributed by atoms with E-state index in [9.17, 15) is 0 Å². The summed E-state index contributed by atoms with van der Waals surface area (Å²) in [5.74, 6) is 0. The van der Waals surface area contributed by atoms with Crippen LogP contribution in [-0.4, -0.2) is 0 Å². The maximum Gasteiger partial charge on any atom is 0.0314 e. The first kappa shape index (κ1) is 10.3. The predicted octanol–water partition coefficient (Wildman–Crippen LogP) is 3.02. The van der Waals surface area contributed by atoms with Crippen LogP contribution in [-0.2, 0) is 0 Å². The molecule has 2 rings (SSSR count). The summed E-state index contributed by atoms with van der Waals surface area (Å²) in [6.45, 7) is 0.